The number of carbonyl (C=O) groups is 3. The number of allylic oxidation sites excluding steroid dienone is 5. The minimum absolute atomic E-state index is 0.438. The first-order chi connectivity index (χ1) is 13.8. The van der Waals surface area contributed by atoms with Crippen molar-refractivity contribution in [3.63, 3.8) is 0 Å². The molecule has 0 atom stereocenters. The highest BCUT2D eigenvalue weighted by Crippen LogP contribution is 2.15. The summed E-state index contributed by atoms with van der Waals surface area (Å²) in [6.45, 7) is 5.71. The molecule has 1 rings (SSSR count). The zero-order chi connectivity index (χ0) is 22.1. The highest BCUT2D eigenvalue weighted by Gasteiger charge is 2.06. The zero-order valence-electron chi connectivity index (χ0n) is 16.3. The molecule has 6 heteroatoms. The molecule has 0 spiro atoms. The average molecular weight is 398 g/mol. The van der Waals surface area contributed by atoms with Crippen molar-refractivity contribution in [3.05, 3.63) is 90.1 Å². The average Bonchev–Trinajstić information content (AvgIpc) is 2.68. The van der Waals surface area contributed by atoms with Crippen LogP contribution in [0.25, 0.3) is 6.08 Å². The Morgan fingerprint density at radius 2 is 1.55 bits per heavy atom. The summed E-state index contributed by atoms with van der Waals surface area (Å²) < 4.78 is 0. The fourth-order valence-corrected chi connectivity index (χ4v) is 2.01. The predicted octanol–water partition coefficient (Wildman–Crippen LogP) is 4.73. The standard InChI is InChI=1S/C19H22O2.C4H4O4/c1-3-5-10-17(14-16-11-8-7-9-12-16)15-18(19(20)21)13-6-4-2;5-3(6)1-2-4(7)8/h3,5,7-12,14-15H,1,4,6,13H2,2H3,(H,20,21);1-2H,(H,5,6)(H,7,8)/b;2-1-. The van der Waals surface area contributed by atoms with E-state index in [0.717, 1.165) is 24.0 Å². The van der Waals surface area contributed by atoms with Crippen LogP contribution < -0.4 is 0 Å². The van der Waals surface area contributed by atoms with Crippen LogP contribution in [0.3, 0.4) is 0 Å². The molecule has 0 radical (unpaired) electrons. The Labute approximate surface area is 170 Å². The van der Waals surface area contributed by atoms with Crippen molar-refractivity contribution in [3.8, 4) is 0 Å². The Bertz CT molecular complexity index is 782. The van der Waals surface area contributed by atoms with Crippen molar-refractivity contribution < 1.29 is 29.7 Å². The number of aliphatic carboxylic acids is 3. The van der Waals surface area contributed by atoms with Gasteiger partial charge in [0.15, 0.2) is 0 Å². The van der Waals surface area contributed by atoms with Crippen LogP contribution in [0.15, 0.2) is 84.5 Å². The van der Waals surface area contributed by atoms with Crippen LogP contribution in [0.2, 0.25) is 0 Å². The molecule has 0 aliphatic rings. The Morgan fingerprint density at radius 3 is 2.00 bits per heavy atom. The zero-order valence-corrected chi connectivity index (χ0v) is 16.3. The number of hydrogen-bond acceptors (Lipinski definition) is 3. The van der Waals surface area contributed by atoms with Crippen molar-refractivity contribution in [1.82, 2.24) is 0 Å². The lowest BCUT2D eigenvalue weighted by molar-refractivity contribution is -0.134. The van der Waals surface area contributed by atoms with Crippen molar-refractivity contribution in [1.29, 1.82) is 0 Å². The molecule has 0 fully saturated rings. The lowest BCUT2D eigenvalue weighted by Crippen LogP contribution is -2.01. The van der Waals surface area contributed by atoms with E-state index in [1.807, 2.05) is 48.6 Å². The van der Waals surface area contributed by atoms with Crippen LogP contribution in [-0.2, 0) is 14.4 Å². The third-order valence-electron chi connectivity index (χ3n) is 3.34. The molecular weight excluding hydrogens is 372 g/mol. The molecule has 3 N–H and O–H groups in total. The molecule has 6 nitrogen and oxygen atoms in total. The quantitative estimate of drug-likeness (QED) is 0.388. The fourth-order valence-electron chi connectivity index (χ4n) is 2.01. The molecule has 1 aromatic rings. The van der Waals surface area contributed by atoms with Gasteiger partial charge in [0.25, 0.3) is 0 Å². The Hall–Kier alpha value is -3.67. The molecule has 0 unspecified atom stereocenters. The minimum atomic E-state index is -1.26. The molecule has 1 aromatic carbocycles. The maximum Gasteiger partial charge on any atom is 0.331 e. The van der Waals surface area contributed by atoms with E-state index in [0.29, 0.717) is 24.1 Å². The normalized spacial score (nSPS) is 11.8. The SMILES string of the molecule is C=CC=CC(=Cc1ccccc1)C=C(CCCC)C(=O)O.O=C(O)/C=C\C(=O)O. The second kappa shape index (κ2) is 15.4. The molecule has 154 valence electrons. The highest BCUT2D eigenvalue weighted by atomic mass is 16.4. The minimum Gasteiger partial charge on any atom is -0.478 e. The summed E-state index contributed by atoms with van der Waals surface area (Å²) in [5, 5.41) is 24.9. The molecular formula is C23H26O6. The number of carboxylic acids is 3. The van der Waals surface area contributed by atoms with Gasteiger partial charge in [-0.15, -0.1) is 0 Å². The van der Waals surface area contributed by atoms with Crippen molar-refractivity contribution in [2.45, 2.75) is 26.2 Å². The fraction of sp³-hybridized carbons (Fsp3) is 0.174. The summed E-state index contributed by atoms with van der Waals surface area (Å²) in [5.74, 6) is -3.37. The van der Waals surface area contributed by atoms with E-state index in [2.05, 4.69) is 13.5 Å². The molecule has 0 heterocycles. The monoisotopic (exact) mass is 398 g/mol. The van der Waals surface area contributed by atoms with E-state index >= 15 is 0 Å². The summed E-state index contributed by atoms with van der Waals surface area (Å²) in [4.78, 5) is 30.4. The van der Waals surface area contributed by atoms with Gasteiger partial charge in [-0.1, -0.05) is 68.5 Å². The highest BCUT2D eigenvalue weighted by molar-refractivity contribution is 5.89. The van der Waals surface area contributed by atoms with Gasteiger partial charge in [-0.25, -0.2) is 14.4 Å². The van der Waals surface area contributed by atoms with E-state index in [-0.39, 0.29) is 0 Å². The van der Waals surface area contributed by atoms with Gasteiger partial charge in [-0.2, -0.15) is 0 Å². The maximum atomic E-state index is 11.3. The van der Waals surface area contributed by atoms with Gasteiger partial charge in [-0.05, 0) is 36.1 Å². The lowest BCUT2D eigenvalue weighted by atomic mass is 10.0. The largest absolute Gasteiger partial charge is 0.478 e. The van der Waals surface area contributed by atoms with Crippen molar-refractivity contribution in [2.75, 3.05) is 0 Å². The summed E-state index contributed by atoms with van der Waals surface area (Å²) >= 11 is 0. The van der Waals surface area contributed by atoms with Crippen LogP contribution in [0, 0.1) is 0 Å². The van der Waals surface area contributed by atoms with Gasteiger partial charge < -0.3 is 15.3 Å². The van der Waals surface area contributed by atoms with Gasteiger partial charge in [-0.3, -0.25) is 0 Å². The van der Waals surface area contributed by atoms with Crippen LogP contribution in [0.4, 0.5) is 0 Å². The van der Waals surface area contributed by atoms with Gasteiger partial charge in [0.1, 0.15) is 0 Å². The Balaban J connectivity index is 0.000000828. The molecule has 0 saturated heterocycles. The van der Waals surface area contributed by atoms with Crippen LogP contribution in [-0.4, -0.2) is 33.2 Å². The summed E-state index contributed by atoms with van der Waals surface area (Å²) in [6.07, 6.45) is 12.6. The van der Waals surface area contributed by atoms with Gasteiger partial charge in [0.2, 0.25) is 0 Å². The van der Waals surface area contributed by atoms with Crippen LogP contribution >= 0.6 is 0 Å². The molecule has 0 saturated carbocycles. The topological polar surface area (TPSA) is 112 Å². The molecule has 0 aliphatic heterocycles. The smallest absolute Gasteiger partial charge is 0.331 e. The van der Waals surface area contributed by atoms with Crippen molar-refractivity contribution >= 4 is 24.0 Å². The number of carboxylic acid groups (broad SMARTS) is 3. The van der Waals surface area contributed by atoms with Crippen LogP contribution in [0.1, 0.15) is 31.7 Å². The van der Waals surface area contributed by atoms with E-state index in [1.165, 1.54) is 0 Å². The molecule has 0 amide bonds. The maximum absolute atomic E-state index is 11.3. The van der Waals surface area contributed by atoms with Crippen molar-refractivity contribution in [2.24, 2.45) is 0 Å². The van der Waals surface area contributed by atoms with E-state index in [9.17, 15) is 19.5 Å². The first-order valence-corrected chi connectivity index (χ1v) is 8.93. The van der Waals surface area contributed by atoms with Gasteiger partial charge in [0, 0.05) is 17.7 Å². The Kier molecular flexibility index (Phi) is 13.4. The first-order valence-electron chi connectivity index (χ1n) is 8.93. The molecule has 0 aliphatic carbocycles. The Morgan fingerprint density at radius 1 is 0.966 bits per heavy atom. The van der Waals surface area contributed by atoms with E-state index in [1.54, 1.807) is 12.2 Å². The third kappa shape index (κ3) is 14.1. The van der Waals surface area contributed by atoms with Crippen LogP contribution in [0.5, 0.6) is 0 Å². The number of hydrogen-bond donors (Lipinski definition) is 3. The van der Waals surface area contributed by atoms with E-state index < -0.39 is 17.9 Å². The van der Waals surface area contributed by atoms with E-state index in [4.69, 9.17) is 10.2 Å². The number of unbranched alkanes of at least 4 members (excludes halogenated alkanes) is 1. The molecule has 0 bridgehead atoms. The second-order valence-corrected chi connectivity index (χ2v) is 5.74. The molecule has 0 aromatic heterocycles. The number of rotatable bonds is 10. The molecule has 29 heavy (non-hydrogen) atoms. The second-order valence-electron chi connectivity index (χ2n) is 5.74. The summed E-state index contributed by atoms with van der Waals surface area (Å²) in [6, 6.07) is 9.85. The lowest BCUT2D eigenvalue weighted by Gasteiger charge is -2.03. The van der Waals surface area contributed by atoms with Gasteiger partial charge >= 0.3 is 17.9 Å². The third-order valence-corrected chi connectivity index (χ3v) is 3.34. The summed E-state index contributed by atoms with van der Waals surface area (Å²) in [7, 11) is 0. The first kappa shape index (κ1) is 25.3. The predicted molar refractivity (Wildman–Crippen MR) is 113 cm³/mol. The number of benzene rings is 1. The van der Waals surface area contributed by atoms with Gasteiger partial charge in [0.05, 0.1) is 0 Å². The summed E-state index contributed by atoms with van der Waals surface area (Å²) in [5.41, 5.74) is 2.33.